The van der Waals surface area contributed by atoms with E-state index in [1.54, 1.807) is 39.3 Å². The van der Waals surface area contributed by atoms with Crippen LogP contribution in [-0.4, -0.2) is 32.5 Å². The molecule has 1 N–H and O–H groups in total. The zero-order valence-corrected chi connectivity index (χ0v) is 14.6. The largest absolute Gasteiger partial charge is 0.497 e. The molecule has 2 rings (SSSR count). The van der Waals surface area contributed by atoms with Crippen molar-refractivity contribution in [3.63, 3.8) is 0 Å². The molecule has 0 unspecified atom stereocenters. The van der Waals surface area contributed by atoms with Gasteiger partial charge in [-0.25, -0.2) is 4.79 Å². The molecule has 25 heavy (non-hydrogen) atoms. The van der Waals surface area contributed by atoms with Crippen molar-refractivity contribution in [2.24, 2.45) is 5.10 Å². The maximum Gasteiger partial charge on any atom is 0.354 e. The molecule has 0 saturated heterocycles. The highest BCUT2D eigenvalue weighted by Crippen LogP contribution is 2.28. The minimum absolute atomic E-state index is 0.276. The minimum Gasteiger partial charge on any atom is -0.497 e. The number of anilines is 1. The lowest BCUT2D eigenvalue weighted by molar-refractivity contribution is -0.135. The SMILES string of the molecule is CCOC(=O)/C(Cc1ccccc1)=N/Nc1cc(OC)ccc1OC. The molecule has 2 aromatic rings. The van der Waals surface area contributed by atoms with Crippen LogP contribution < -0.4 is 14.9 Å². The summed E-state index contributed by atoms with van der Waals surface area (Å²) in [6.45, 7) is 2.05. The molecule has 0 aliphatic heterocycles. The zero-order valence-electron chi connectivity index (χ0n) is 14.6. The number of rotatable bonds is 8. The second-order valence-electron chi connectivity index (χ2n) is 5.12. The van der Waals surface area contributed by atoms with Crippen LogP contribution in [-0.2, 0) is 16.0 Å². The normalized spacial score (nSPS) is 10.9. The van der Waals surface area contributed by atoms with E-state index in [-0.39, 0.29) is 12.3 Å². The molecule has 132 valence electrons. The third-order valence-electron chi connectivity index (χ3n) is 3.44. The van der Waals surface area contributed by atoms with E-state index in [4.69, 9.17) is 14.2 Å². The van der Waals surface area contributed by atoms with E-state index in [1.165, 1.54) is 0 Å². The van der Waals surface area contributed by atoms with Crippen molar-refractivity contribution in [3.8, 4) is 11.5 Å². The Balaban J connectivity index is 2.26. The summed E-state index contributed by atoms with van der Waals surface area (Å²) in [5.41, 5.74) is 4.72. The molecule has 6 nitrogen and oxygen atoms in total. The molecule has 0 aliphatic carbocycles. The first-order chi connectivity index (χ1) is 12.2. The van der Waals surface area contributed by atoms with Crippen LogP contribution in [0, 0.1) is 0 Å². The summed E-state index contributed by atoms with van der Waals surface area (Å²) < 4.78 is 15.6. The number of hydrogen-bond donors (Lipinski definition) is 1. The van der Waals surface area contributed by atoms with Crippen LogP contribution in [0.1, 0.15) is 12.5 Å². The maximum atomic E-state index is 12.2. The average molecular weight is 342 g/mol. The first kappa shape index (κ1) is 18.3. The van der Waals surface area contributed by atoms with Gasteiger partial charge in [-0.1, -0.05) is 30.3 Å². The second-order valence-corrected chi connectivity index (χ2v) is 5.12. The standard InChI is InChI=1S/C19H22N2O4/c1-4-25-19(22)17(12-14-8-6-5-7-9-14)21-20-16-13-15(23-2)10-11-18(16)24-3/h5-11,13,20H,4,12H2,1-3H3/b21-17+. The number of carbonyl (C=O) groups excluding carboxylic acids is 1. The lowest BCUT2D eigenvalue weighted by atomic mass is 10.1. The lowest BCUT2D eigenvalue weighted by Crippen LogP contribution is -2.21. The average Bonchev–Trinajstić information content (AvgIpc) is 2.65. The molecule has 0 saturated carbocycles. The van der Waals surface area contributed by atoms with Gasteiger partial charge in [-0.3, -0.25) is 5.43 Å². The summed E-state index contributed by atoms with van der Waals surface area (Å²) in [6.07, 6.45) is 0.360. The summed E-state index contributed by atoms with van der Waals surface area (Å²) >= 11 is 0. The molecule has 2 aromatic carbocycles. The van der Waals surface area contributed by atoms with E-state index < -0.39 is 5.97 Å². The van der Waals surface area contributed by atoms with Gasteiger partial charge in [-0.05, 0) is 24.6 Å². The predicted octanol–water partition coefficient (Wildman–Crippen LogP) is 3.28. The summed E-state index contributed by atoms with van der Waals surface area (Å²) in [7, 11) is 3.14. The number of nitrogens with zero attached hydrogens (tertiary/aromatic N) is 1. The molecule has 0 spiro atoms. The van der Waals surface area contributed by atoms with E-state index in [2.05, 4.69) is 10.5 Å². The summed E-state index contributed by atoms with van der Waals surface area (Å²) in [4.78, 5) is 12.2. The zero-order chi connectivity index (χ0) is 18.1. The van der Waals surface area contributed by atoms with Gasteiger partial charge in [0.1, 0.15) is 22.9 Å². The van der Waals surface area contributed by atoms with Crippen LogP contribution in [0.4, 0.5) is 5.69 Å². The van der Waals surface area contributed by atoms with Gasteiger partial charge in [0.15, 0.2) is 0 Å². The minimum atomic E-state index is -0.458. The first-order valence-electron chi connectivity index (χ1n) is 7.93. The fourth-order valence-corrected chi connectivity index (χ4v) is 2.19. The Kier molecular flexibility index (Phi) is 6.83. The van der Waals surface area contributed by atoms with Crippen LogP contribution >= 0.6 is 0 Å². The van der Waals surface area contributed by atoms with Crippen molar-refractivity contribution >= 4 is 17.4 Å². The lowest BCUT2D eigenvalue weighted by Gasteiger charge is -2.11. The molecular weight excluding hydrogens is 320 g/mol. The van der Waals surface area contributed by atoms with Gasteiger partial charge < -0.3 is 14.2 Å². The number of esters is 1. The van der Waals surface area contributed by atoms with Crippen LogP contribution in [0.25, 0.3) is 0 Å². The van der Waals surface area contributed by atoms with Crippen molar-refractivity contribution in [2.45, 2.75) is 13.3 Å². The number of nitrogens with one attached hydrogen (secondary N) is 1. The Morgan fingerprint density at radius 3 is 2.48 bits per heavy atom. The van der Waals surface area contributed by atoms with Crippen molar-refractivity contribution in [1.82, 2.24) is 0 Å². The van der Waals surface area contributed by atoms with E-state index in [9.17, 15) is 4.79 Å². The summed E-state index contributed by atoms with van der Waals surface area (Å²) in [6, 6.07) is 14.9. The van der Waals surface area contributed by atoms with Crippen molar-refractivity contribution in [3.05, 3.63) is 54.1 Å². The van der Waals surface area contributed by atoms with E-state index in [1.807, 2.05) is 30.3 Å². The topological polar surface area (TPSA) is 69.2 Å². The maximum absolute atomic E-state index is 12.2. The molecule has 0 radical (unpaired) electrons. The summed E-state index contributed by atoms with van der Waals surface area (Å²) in [5.74, 6) is 0.785. The predicted molar refractivity (Wildman–Crippen MR) is 97.4 cm³/mol. The number of methoxy groups -OCH3 is 2. The number of hydrazone groups is 1. The molecular formula is C19H22N2O4. The smallest absolute Gasteiger partial charge is 0.354 e. The molecule has 0 bridgehead atoms. The fourth-order valence-electron chi connectivity index (χ4n) is 2.19. The van der Waals surface area contributed by atoms with Gasteiger partial charge in [0, 0.05) is 12.5 Å². The number of carbonyl (C=O) groups is 1. The van der Waals surface area contributed by atoms with Gasteiger partial charge >= 0.3 is 5.97 Å². The van der Waals surface area contributed by atoms with Crippen LogP contribution in [0.5, 0.6) is 11.5 Å². The van der Waals surface area contributed by atoms with E-state index >= 15 is 0 Å². The quantitative estimate of drug-likeness (QED) is 0.453. The van der Waals surface area contributed by atoms with Gasteiger partial charge in [0.05, 0.1) is 20.8 Å². The Hall–Kier alpha value is -3.02. The van der Waals surface area contributed by atoms with Gasteiger partial charge in [0.2, 0.25) is 0 Å². The Morgan fingerprint density at radius 1 is 1.08 bits per heavy atom. The Labute approximate surface area is 147 Å². The van der Waals surface area contributed by atoms with Crippen molar-refractivity contribution in [1.29, 1.82) is 0 Å². The third-order valence-corrected chi connectivity index (χ3v) is 3.44. The number of ether oxygens (including phenoxy) is 3. The van der Waals surface area contributed by atoms with Crippen molar-refractivity contribution in [2.75, 3.05) is 26.3 Å². The molecule has 0 amide bonds. The first-order valence-corrected chi connectivity index (χ1v) is 7.93. The molecule has 0 fully saturated rings. The molecule has 0 aromatic heterocycles. The number of benzene rings is 2. The van der Waals surface area contributed by atoms with Crippen LogP contribution in [0.15, 0.2) is 53.6 Å². The van der Waals surface area contributed by atoms with E-state index in [0.29, 0.717) is 23.6 Å². The monoisotopic (exact) mass is 342 g/mol. The van der Waals surface area contributed by atoms with E-state index in [0.717, 1.165) is 5.56 Å². The highest BCUT2D eigenvalue weighted by Gasteiger charge is 2.14. The van der Waals surface area contributed by atoms with Gasteiger partial charge in [-0.15, -0.1) is 0 Å². The molecule has 0 heterocycles. The molecule has 0 aliphatic rings. The van der Waals surface area contributed by atoms with Gasteiger partial charge in [-0.2, -0.15) is 5.10 Å². The molecule has 6 heteroatoms. The molecule has 0 atom stereocenters. The Bertz CT molecular complexity index is 729. The highest BCUT2D eigenvalue weighted by molar-refractivity contribution is 6.37. The Morgan fingerprint density at radius 2 is 1.84 bits per heavy atom. The van der Waals surface area contributed by atoms with Crippen molar-refractivity contribution < 1.29 is 19.0 Å². The summed E-state index contributed by atoms with van der Waals surface area (Å²) in [5, 5.41) is 4.25. The third kappa shape index (κ3) is 5.24. The number of hydrogen-bond acceptors (Lipinski definition) is 6. The van der Waals surface area contributed by atoms with Gasteiger partial charge in [0.25, 0.3) is 0 Å². The highest BCUT2D eigenvalue weighted by atomic mass is 16.5. The van der Waals surface area contributed by atoms with Crippen LogP contribution in [0.2, 0.25) is 0 Å². The second kappa shape index (κ2) is 9.32. The van der Waals surface area contributed by atoms with Crippen LogP contribution in [0.3, 0.4) is 0 Å². The fraction of sp³-hybridized carbons (Fsp3) is 0.263.